The van der Waals surface area contributed by atoms with Gasteiger partial charge >= 0.3 is 0 Å². The highest BCUT2D eigenvalue weighted by atomic mass is 16.3. The van der Waals surface area contributed by atoms with Gasteiger partial charge < -0.3 is 15.5 Å². The Morgan fingerprint density at radius 1 is 1.36 bits per heavy atom. The number of aliphatic hydroxyl groups is 2. The molecule has 68 valence electrons. The van der Waals surface area contributed by atoms with Gasteiger partial charge in [0, 0.05) is 12.6 Å². The molecule has 0 aromatic rings. The molecule has 0 heterocycles. The molecule has 0 spiro atoms. The average Bonchev–Trinajstić information content (AvgIpc) is 1.80. The lowest BCUT2D eigenvalue weighted by Gasteiger charge is -2.27. The molecule has 2 unspecified atom stereocenters. The largest absolute Gasteiger partial charge is 0.392 e. The fourth-order valence-electron chi connectivity index (χ4n) is 0.597. The van der Waals surface area contributed by atoms with Crippen molar-refractivity contribution < 1.29 is 10.2 Å². The SMILES string of the molecule is CC(O)CNC(C)C(C)(C)O. The number of hydrogen-bond donors (Lipinski definition) is 3. The molecule has 0 saturated carbocycles. The van der Waals surface area contributed by atoms with E-state index < -0.39 is 5.60 Å². The Kier molecular flexibility index (Phi) is 4.00. The Balaban J connectivity index is 3.61. The number of hydrogen-bond acceptors (Lipinski definition) is 3. The van der Waals surface area contributed by atoms with Crippen LogP contribution in [0.1, 0.15) is 27.7 Å². The van der Waals surface area contributed by atoms with Gasteiger partial charge in [0.1, 0.15) is 0 Å². The lowest BCUT2D eigenvalue weighted by atomic mass is 10.0. The van der Waals surface area contributed by atoms with Gasteiger partial charge in [-0.25, -0.2) is 0 Å². The molecule has 0 amide bonds. The molecule has 0 aliphatic rings. The van der Waals surface area contributed by atoms with Gasteiger partial charge in [0.05, 0.1) is 11.7 Å². The third-order valence-electron chi connectivity index (χ3n) is 1.78. The second-order valence-electron chi connectivity index (χ2n) is 3.63. The molecule has 11 heavy (non-hydrogen) atoms. The summed E-state index contributed by atoms with van der Waals surface area (Å²) in [5, 5.41) is 21.4. The zero-order valence-electron chi connectivity index (χ0n) is 7.76. The van der Waals surface area contributed by atoms with Crippen molar-refractivity contribution in [1.82, 2.24) is 5.32 Å². The van der Waals surface area contributed by atoms with Crippen molar-refractivity contribution >= 4 is 0 Å². The molecule has 0 saturated heterocycles. The van der Waals surface area contributed by atoms with Crippen molar-refractivity contribution in [2.24, 2.45) is 0 Å². The third-order valence-corrected chi connectivity index (χ3v) is 1.78. The van der Waals surface area contributed by atoms with E-state index in [2.05, 4.69) is 5.32 Å². The van der Waals surface area contributed by atoms with Crippen LogP contribution in [0, 0.1) is 0 Å². The van der Waals surface area contributed by atoms with E-state index in [1.165, 1.54) is 0 Å². The first-order valence-corrected chi connectivity index (χ1v) is 3.98. The minimum Gasteiger partial charge on any atom is -0.392 e. The molecule has 0 aromatic heterocycles. The van der Waals surface area contributed by atoms with Gasteiger partial charge in [-0.2, -0.15) is 0 Å². The smallest absolute Gasteiger partial charge is 0.0741 e. The summed E-state index contributed by atoms with van der Waals surface area (Å²) >= 11 is 0. The normalized spacial score (nSPS) is 18.0. The summed E-state index contributed by atoms with van der Waals surface area (Å²) in [5.41, 5.74) is -0.727. The van der Waals surface area contributed by atoms with Gasteiger partial charge in [-0.3, -0.25) is 0 Å². The van der Waals surface area contributed by atoms with Crippen LogP contribution >= 0.6 is 0 Å². The fraction of sp³-hybridized carbons (Fsp3) is 1.00. The van der Waals surface area contributed by atoms with E-state index in [0.29, 0.717) is 6.54 Å². The topological polar surface area (TPSA) is 52.5 Å². The minimum atomic E-state index is -0.727. The number of aliphatic hydroxyl groups excluding tert-OH is 1. The van der Waals surface area contributed by atoms with Gasteiger partial charge in [-0.15, -0.1) is 0 Å². The highest BCUT2D eigenvalue weighted by molar-refractivity contribution is 4.79. The maximum Gasteiger partial charge on any atom is 0.0741 e. The van der Waals surface area contributed by atoms with E-state index >= 15 is 0 Å². The van der Waals surface area contributed by atoms with Crippen molar-refractivity contribution in [3.8, 4) is 0 Å². The quantitative estimate of drug-likeness (QED) is 0.549. The molecule has 0 aliphatic heterocycles. The molecular weight excluding hydrogens is 142 g/mol. The second-order valence-corrected chi connectivity index (χ2v) is 3.63. The van der Waals surface area contributed by atoms with Crippen molar-refractivity contribution in [3.63, 3.8) is 0 Å². The van der Waals surface area contributed by atoms with E-state index in [1.54, 1.807) is 20.8 Å². The molecule has 0 fully saturated rings. The standard InChI is InChI=1S/C8H19NO2/c1-6(10)5-9-7(2)8(3,4)11/h6-7,9-11H,5H2,1-4H3. The molecule has 3 heteroatoms. The molecule has 0 aromatic carbocycles. The summed E-state index contributed by atoms with van der Waals surface area (Å²) in [6, 6.07) is -0.00269. The van der Waals surface area contributed by atoms with Crippen molar-refractivity contribution in [2.45, 2.75) is 45.4 Å². The van der Waals surface area contributed by atoms with Crippen molar-refractivity contribution in [2.75, 3.05) is 6.54 Å². The van der Waals surface area contributed by atoms with Crippen LogP contribution in [0.3, 0.4) is 0 Å². The predicted molar refractivity (Wildman–Crippen MR) is 45.4 cm³/mol. The van der Waals surface area contributed by atoms with Crippen molar-refractivity contribution in [3.05, 3.63) is 0 Å². The maximum atomic E-state index is 9.45. The zero-order valence-corrected chi connectivity index (χ0v) is 7.76. The second kappa shape index (κ2) is 4.04. The summed E-state index contributed by atoms with van der Waals surface area (Å²) in [5.74, 6) is 0. The number of rotatable bonds is 4. The van der Waals surface area contributed by atoms with Gasteiger partial charge in [0.2, 0.25) is 0 Å². The third kappa shape index (κ3) is 5.18. The highest BCUT2D eigenvalue weighted by Crippen LogP contribution is 2.06. The fourth-order valence-corrected chi connectivity index (χ4v) is 0.597. The molecular formula is C8H19NO2. The first kappa shape index (κ1) is 10.9. The summed E-state index contributed by atoms with van der Waals surface area (Å²) in [6.45, 7) is 7.61. The predicted octanol–water partition coefficient (Wildman–Crippen LogP) is 0.116. The van der Waals surface area contributed by atoms with E-state index in [4.69, 9.17) is 5.11 Å². The monoisotopic (exact) mass is 161 g/mol. The Bertz CT molecular complexity index is 107. The van der Waals surface area contributed by atoms with Gasteiger partial charge in [0.25, 0.3) is 0 Å². The molecule has 2 atom stereocenters. The van der Waals surface area contributed by atoms with Crippen LogP contribution in [0.2, 0.25) is 0 Å². The van der Waals surface area contributed by atoms with E-state index in [1.807, 2.05) is 6.92 Å². The summed E-state index contributed by atoms with van der Waals surface area (Å²) in [7, 11) is 0. The average molecular weight is 161 g/mol. The van der Waals surface area contributed by atoms with E-state index in [0.717, 1.165) is 0 Å². The van der Waals surface area contributed by atoms with Gasteiger partial charge in [-0.05, 0) is 27.7 Å². The Hall–Kier alpha value is -0.120. The summed E-state index contributed by atoms with van der Waals surface area (Å²) < 4.78 is 0. The molecule has 0 bridgehead atoms. The lowest BCUT2D eigenvalue weighted by molar-refractivity contribution is 0.0396. The van der Waals surface area contributed by atoms with Crippen molar-refractivity contribution in [1.29, 1.82) is 0 Å². The zero-order chi connectivity index (χ0) is 9.07. The first-order valence-electron chi connectivity index (χ1n) is 3.98. The molecule has 0 aliphatic carbocycles. The molecule has 3 N–H and O–H groups in total. The highest BCUT2D eigenvalue weighted by Gasteiger charge is 2.21. The molecule has 3 nitrogen and oxygen atoms in total. The van der Waals surface area contributed by atoms with Crippen LogP contribution in [-0.2, 0) is 0 Å². The van der Waals surface area contributed by atoms with Crippen LogP contribution in [0.4, 0.5) is 0 Å². The van der Waals surface area contributed by atoms with E-state index in [-0.39, 0.29) is 12.1 Å². The van der Waals surface area contributed by atoms with Crippen LogP contribution in [0.15, 0.2) is 0 Å². The Morgan fingerprint density at radius 2 is 1.82 bits per heavy atom. The van der Waals surface area contributed by atoms with Crippen LogP contribution in [0.5, 0.6) is 0 Å². The van der Waals surface area contributed by atoms with Crippen LogP contribution in [0.25, 0.3) is 0 Å². The van der Waals surface area contributed by atoms with Crippen LogP contribution < -0.4 is 5.32 Å². The Morgan fingerprint density at radius 3 is 2.09 bits per heavy atom. The first-order chi connectivity index (χ1) is 4.84. The Labute approximate surface area is 68.4 Å². The lowest BCUT2D eigenvalue weighted by Crippen LogP contribution is -2.46. The number of nitrogens with one attached hydrogen (secondary N) is 1. The molecule has 0 radical (unpaired) electrons. The van der Waals surface area contributed by atoms with Gasteiger partial charge in [0.15, 0.2) is 0 Å². The van der Waals surface area contributed by atoms with Crippen LogP contribution in [-0.4, -0.2) is 34.5 Å². The summed E-state index contributed by atoms with van der Waals surface area (Å²) in [4.78, 5) is 0. The minimum absolute atomic E-state index is 0.00269. The molecule has 0 rings (SSSR count). The maximum absolute atomic E-state index is 9.45. The summed E-state index contributed by atoms with van der Waals surface area (Å²) in [6.07, 6.45) is -0.361. The van der Waals surface area contributed by atoms with Gasteiger partial charge in [-0.1, -0.05) is 0 Å². The van der Waals surface area contributed by atoms with E-state index in [9.17, 15) is 5.11 Å².